The van der Waals surface area contributed by atoms with Crippen molar-refractivity contribution in [2.24, 2.45) is 0 Å². The van der Waals surface area contributed by atoms with Gasteiger partial charge in [-0.15, -0.1) is 10.2 Å². The number of hydrogen-bond donors (Lipinski definition) is 0. The molecule has 1 heterocycles. The number of rotatable bonds is 6. The summed E-state index contributed by atoms with van der Waals surface area (Å²) < 4.78 is 11.8. The zero-order valence-corrected chi connectivity index (χ0v) is 16.6. The van der Waals surface area contributed by atoms with E-state index in [1.807, 2.05) is 41.5 Å². The summed E-state index contributed by atoms with van der Waals surface area (Å²) in [5.74, 6) is -0.216. The number of nitrogens with zero attached hydrogens (tertiary/aromatic N) is 2. The molecule has 0 aliphatic rings. The maximum absolute atomic E-state index is 11.6. The van der Waals surface area contributed by atoms with E-state index < -0.39 is 11.2 Å². The molecule has 0 saturated heterocycles. The van der Waals surface area contributed by atoms with Crippen LogP contribution < -0.4 is 0 Å². The van der Waals surface area contributed by atoms with Gasteiger partial charge in [-0.3, -0.25) is 9.59 Å². The molecule has 0 bridgehead atoms. The van der Waals surface area contributed by atoms with Crippen LogP contribution in [0.25, 0.3) is 0 Å². The predicted molar refractivity (Wildman–Crippen MR) is 93.0 cm³/mol. The van der Waals surface area contributed by atoms with Crippen LogP contribution in [0, 0.1) is 0 Å². The van der Waals surface area contributed by atoms with Gasteiger partial charge in [0.25, 0.3) is 0 Å². The first-order valence-electron chi connectivity index (χ1n) is 6.97. The quantitative estimate of drug-likeness (QED) is 0.550. The van der Waals surface area contributed by atoms with Gasteiger partial charge in [0.1, 0.15) is 11.2 Å². The molecule has 1 aromatic heterocycles. The number of carbonyl (C=O) groups excluding carboxylic acids is 2. The largest absolute Gasteiger partial charge is 0.459 e. The highest BCUT2D eigenvalue weighted by Gasteiger charge is 2.19. The van der Waals surface area contributed by atoms with E-state index >= 15 is 0 Å². The van der Waals surface area contributed by atoms with Crippen molar-refractivity contribution in [2.45, 2.75) is 61.4 Å². The molecule has 9 heteroatoms. The Morgan fingerprint density at radius 2 is 1.22 bits per heavy atom. The van der Waals surface area contributed by atoms with Crippen LogP contribution in [0.3, 0.4) is 0 Å². The normalized spacial score (nSPS) is 12.1. The van der Waals surface area contributed by atoms with Gasteiger partial charge in [0, 0.05) is 0 Å². The van der Waals surface area contributed by atoms with Crippen molar-refractivity contribution in [3.63, 3.8) is 0 Å². The molecule has 0 saturated carbocycles. The van der Waals surface area contributed by atoms with Crippen LogP contribution in [0.1, 0.15) is 41.5 Å². The average Bonchev–Trinajstić information content (AvgIpc) is 2.77. The lowest BCUT2D eigenvalue weighted by molar-refractivity contribution is -0.152. The van der Waals surface area contributed by atoms with Crippen LogP contribution in [0.5, 0.6) is 0 Å². The molecule has 1 aromatic rings. The van der Waals surface area contributed by atoms with E-state index in [4.69, 9.17) is 9.47 Å². The lowest BCUT2D eigenvalue weighted by atomic mass is 10.2. The fourth-order valence-electron chi connectivity index (χ4n) is 1.30. The minimum absolute atomic E-state index is 0.183. The Morgan fingerprint density at radius 3 is 1.52 bits per heavy atom. The van der Waals surface area contributed by atoms with Gasteiger partial charge in [-0.2, -0.15) is 0 Å². The third kappa shape index (κ3) is 9.83. The van der Waals surface area contributed by atoms with E-state index in [1.165, 1.54) is 34.9 Å². The number of carbonyl (C=O) groups is 2. The zero-order valence-electron chi connectivity index (χ0n) is 14.2. The van der Waals surface area contributed by atoms with Crippen molar-refractivity contribution >= 4 is 46.8 Å². The molecular formula is C14H22N2O4S3. The number of aromatic nitrogens is 2. The van der Waals surface area contributed by atoms with E-state index in [2.05, 4.69) is 10.2 Å². The molecule has 0 amide bonds. The first kappa shape index (κ1) is 20.2. The Labute approximate surface area is 149 Å². The minimum atomic E-state index is -0.493. The first-order valence-corrected chi connectivity index (χ1v) is 9.76. The molecule has 6 nitrogen and oxygen atoms in total. The summed E-state index contributed by atoms with van der Waals surface area (Å²) in [5, 5.41) is 7.98. The number of thioether (sulfide) groups is 2. The van der Waals surface area contributed by atoms with Crippen LogP contribution in [0.2, 0.25) is 0 Å². The number of ether oxygens (including phenoxy) is 2. The molecule has 130 valence electrons. The van der Waals surface area contributed by atoms with Crippen molar-refractivity contribution in [1.29, 1.82) is 0 Å². The predicted octanol–water partition coefficient (Wildman–Crippen LogP) is 3.41. The zero-order chi connectivity index (χ0) is 17.7. The summed E-state index contributed by atoms with van der Waals surface area (Å²) in [7, 11) is 0. The topological polar surface area (TPSA) is 78.4 Å². The summed E-state index contributed by atoms with van der Waals surface area (Å²) in [5.41, 5.74) is -0.986. The maximum Gasteiger partial charge on any atom is 0.316 e. The maximum atomic E-state index is 11.6. The molecule has 23 heavy (non-hydrogen) atoms. The smallest absolute Gasteiger partial charge is 0.316 e. The SMILES string of the molecule is CC(C)(C)OC(=O)CSc1nnc(SCC(=O)OC(C)(C)C)s1. The molecule has 0 aromatic carbocycles. The monoisotopic (exact) mass is 378 g/mol. The van der Waals surface area contributed by atoms with Gasteiger partial charge in [0.05, 0.1) is 11.5 Å². The molecule has 0 radical (unpaired) electrons. The Kier molecular flexibility index (Phi) is 7.34. The second-order valence-electron chi connectivity index (χ2n) is 6.58. The molecule has 0 aliphatic carbocycles. The van der Waals surface area contributed by atoms with Gasteiger partial charge >= 0.3 is 11.9 Å². The molecule has 0 unspecified atom stereocenters. The van der Waals surface area contributed by atoms with E-state index in [0.717, 1.165) is 0 Å². The fraction of sp³-hybridized carbons (Fsp3) is 0.714. The van der Waals surface area contributed by atoms with Crippen LogP contribution in [0.15, 0.2) is 8.68 Å². The Bertz CT molecular complexity index is 500. The van der Waals surface area contributed by atoms with Gasteiger partial charge in [-0.05, 0) is 41.5 Å². The fourth-order valence-corrected chi connectivity index (χ4v) is 3.86. The molecule has 0 aliphatic heterocycles. The van der Waals surface area contributed by atoms with Gasteiger partial charge in [0.2, 0.25) is 0 Å². The average molecular weight is 379 g/mol. The summed E-state index contributed by atoms with van der Waals surface area (Å²) in [4.78, 5) is 23.3. The van der Waals surface area contributed by atoms with E-state index in [1.54, 1.807) is 0 Å². The highest BCUT2D eigenvalue weighted by Crippen LogP contribution is 2.29. The molecule has 0 fully saturated rings. The third-order valence-corrected chi connectivity index (χ3v) is 4.99. The molecule has 1 rings (SSSR count). The molecule has 0 spiro atoms. The van der Waals surface area contributed by atoms with Gasteiger partial charge < -0.3 is 9.47 Å². The van der Waals surface area contributed by atoms with E-state index in [0.29, 0.717) is 8.68 Å². The summed E-state index contributed by atoms with van der Waals surface area (Å²) >= 11 is 3.89. The summed E-state index contributed by atoms with van der Waals surface area (Å²) in [6.07, 6.45) is 0. The highest BCUT2D eigenvalue weighted by molar-refractivity contribution is 8.03. The van der Waals surface area contributed by atoms with Crippen molar-refractivity contribution in [1.82, 2.24) is 10.2 Å². The van der Waals surface area contributed by atoms with Gasteiger partial charge in [0.15, 0.2) is 8.68 Å². The Hall–Kier alpha value is -0.800. The molecular weight excluding hydrogens is 356 g/mol. The van der Waals surface area contributed by atoms with E-state index in [-0.39, 0.29) is 23.4 Å². The van der Waals surface area contributed by atoms with Crippen molar-refractivity contribution in [3.05, 3.63) is 0 Å². The van der Waals surface area contributed by atoms with Gasteiger partial charge in [-0.1, -0.05) is 34.9 Å². The first-order chi connectivity index (χ1) is 10.4. The summed E-state index contributed by atoms with van der Waals surface area (Å²) in [6, 6.07) is 0. The standard InChI is InChI=1S/C14H22N2O4S3/c1-13(2,3)19-9(17)7-21-11-15-16-12(23-11)22-8-10(18)20-14(4,5)6/h7-8H2,1-6H3. The Balaban J connectivity index is 2.38. The molecule has 0 atom stereocenters. The second-order valence-corrected chi connectivity index (χ2v) is 10.0. The van der Waals surface area contributed by atoms with Crippen LogP contribution in [0.4, 0.5) is 0 Å². The second kappa shape index (κ2) is 8.34. The van der Waals surface area contributed by atoms with Crippen LogP contribution in [-0.2, 0) is 19.1 Å². The third-order valence-electron chi connectivity index (χ3n) is 1.85. The minimum Gasteiger partial charge on any atom is -0.459 e. The number of hydrogen-bond acceptors (Lipinski definition) is 9. The lowest BCUT2D eigenvalue weighted by Crippen LogP contribution is -2.24. The Morgan fingerprint density at radius 1 is 0.870 bits per heavy atom. The van der Waals surface area contributed by atoms with E-state index in [9.17, 15) is 9.59 Å². The lowest BCUT2D eigenvalue weighted by Gasteiger charge is -2.18. The van der Waals surface area contributed by atoms with Crippen LogP contribution in [-0.4, -0.2) is 44.8 Å². The molecule has 0 N–H and O–H groups in total. The van der Waals surface area contributed by atoms with Crippen LogP contribution >= 0.6 is 34.9 Å². The van der Waals surface area contributed by atoms with Crippen molar-refractivity contribution in [3.8, 4) is 0 Å². The summed E-state index contributed by atoms with van der Waals surface area (Å²) in [6.45, 7) is 11.0. The van der Waals surface area contributed by atoms with Gasteiger partial charge in [-0.25, -0.2) is 0 Å². The van der Waals surface area contributed by atoms with Crippen molar-refractivity contribution < 1.29 is 19.1 Å². The highest BCUT2D eigenvalue weighted by atomic mass is 32.2. The van der Waals surface area contributed by atoms with Crippen molar-refractivity contribution in [2.75, 3.05) is 11.5 Å². The number of esters is 2.